The first-order valence-corrected chi connectivity index (χ1v) is 9.20. The first-order chi connectivity index (χ1) is 12.6. The monoisotopic (exact) mass is 352 g/mol. The zero-order chi connectivity index (χ0) is 18.1. The zero-order valence-electron chi connectivity index (χ0n) is 14.9. The molecule has 4 atom stereocenters. The van der Waals surface area contributed by atoms with Crippen molar-refractivity contribution < 1.29 is 9.90 Å². The fourth-order valence-corrected chi connectivity index (χ4v) is 4.15. The number of benzene rings is 1. The minimum Gasteiger partial charge on any atom is -0.391 e. The third-order valence-corrected chi connectivity index (χ3v) is 5.56. The maximum absolute atomic E-state index is 12.9. The Morgan fingerprint density at radius 1 is 1.19 bits per heavy atom. The van der Waals surface area contributed by atoms with Gasteiger partial charge in [-0.25, -0.2) is 9.97 Å². The molecule has 2 fully saturated rings. The molecule has 1 amide bonds. The molecule has 26 heavy (non-hydrogen) atoms. The molecule has 2 aromatic rings. The molecular formula is C20H24N4O2. The molecule has 2 aliphatic rings. The minimum atomic E-state index is -0.508. The lowest BCUT2D eigenvalue weighted by Gasteiger charge is -2.35. The molecule has 0 spiro atoms. The van der Waals surface area contributed by atoms with Crippen molar-refractivity contribution in [3.05, 3.63) is 47.9 Å². The van der Waals surface area contributed by atoms with Crippen molar-refractivity contribution in [1.29, 1.82) is 0 Å². The van der Waals surface area contributed by atoms with Crippen LogP contribution < -0.4 is 10.6 Å². The highest BCUT2D eigenvalue weighted by atomic mass is 16.3. The van der Waals surface area contributed by atoms with Gasteiger partial charge in [0.05, 0.1) is 23.4 Å². The molecule has 0 radical (unpaired) electrons. The summed E-state index contributed by atoms with van der Waals surface area (Å²) in [5, 5.41) is 16.9. The lowest BCUT2D eigenvalue weighted by Crippen LogP contribution is -2.49. The molecule has 3 N–H and O–H groups in total. The van der Waals surface area contributed by atoms with E-state index in [1.165, 1.54) is 0 Å². The molecule has 1 aromatic heterocycles. The summed E-state index contributed by atoms with van der Waals surface area (Å²) in [5.74, 6) is 1.43. The highest BCUT2D eigenvalue weighted by molar-refractivity contribution is 5.99. The van der Waals surface area contributed by atoms with E-state index in [4.69, 9.17) is 0 Å². The predicted octanol–water partition coefficient (Wildman–Crippen LogP) is 1.54. The predicted molar refractivity (Wildman–Crippen MR) is 98.5 cm³/mol. The molecule has 1 aliphatic heterocycles. The number of hydrogen-bond donors (Lipinski definition) is 3. The molecule has 136 valence electrons. The Morgan fingerprint density at radius 2 is 1.92 bits per heavy atom. The number of rotatable bonds is 3. The topological polar surface area (TPSA) is 87.1 Å². The van der Waals surface area contributed by atoms with Gasteiger partial charge in [0.2, 0.25) is 0 Å². The third-order valence-electron chi connectivity index (χ3n) is 5.56. The lowest BCUT2D eigenvalue weighted by molar-refractivity contribution is 0.0462. The first kappa shape index (κ1) is 17.1. The Kier molecular flexibility index (Phi) is 4.70. The van der Waals surface area contributed by atoms with Crippen LogP contribution >= 0.6 is 0 Å². The van der Waals surface area contributed by atoms with Crippen LogP contribution in [-0.2, 0) is 0 Å². The van der Waals surface area contributed by atoms with E-state index >= 15 is 0 Å². The van der Waals surface area contributed by atoms with Crippen LogP contribution in [0, 0.1) is 18.8 Å². The van der Waals surface area contributed by atoms with Crippen molar-refractivity contribution >= 4 is 5.91 Å². The highest BCUT2D eigenvalue weighted by Crippen LogP contribution is 2.33. The van der Waals surface area contributed by atoms with Gasteiger partial charge in [-0.05, 0) is 44.7 Å². The molecule has 0 bridgehead atoms. The molecule has 1 saturated heterocycles. The van der Waals surface area contributed by atoms with Gasteiger partial charge in [0.15, 0.2) is 0 Å². The molecule has 6 heteroatoms. The van der Waals surface area contributed by atoms with Gasteiger partial charge in [-0.15, -0.1) is 0 Å². The molecule has 4 rings (SSSR count). The van der Waals surface area contributed by atoms with Gasteiger partial charge in [-0.3, -0.25) is 4.79 Å². The van der Waals surface area contributed by atoms with E-state index in [0.29, 0.717) is 28.9 Å². The van der Waals surface area contributed by atoms with E-state index in [-0.39, 0.29) is 11.9 Å². The summed E-state index contributed by atoms with van der Waals surface area (Å²) in [6.07, 6.45) is 2.61. The van der Waals surface area contributed by atoms with E-state index in [2.05, 4.69) is 20.6 Å². The number of aromatic nitrogens is 2. The number of nitrogens with zero attached hydrogens (tertiary/aromatic N) is 2. The van der Waals surface area contributed by atoms with Gasteiger partial charge >= 0.3 is 0 Å². The Bertz CT molecular complexity index is 796. The molecule has 1 aromatic carbocycles. The van der Waals surface area contributed by atoms with Gasteiger partial charge in [-0.2, -0.15) is 0 Å². The molecule has 1 saturated carbocycles. The van der Waals surface area contributed by atoms with Crippen LogP contribution in [0.15, 0.2) is 36.5 Å². The SMILES string of the molecule is Cc1ncc(C(=O)N[C@H]2C[C@H]3CNC[C@H]3C[C@@H]2O)c(-c2ccccc2)n1. The number of hydrogen-bond acceptors (Lipinski definition) is 5. The maximum Gasteiger partial charge on any atom is 0.255 e. The molecule has 0 unspecified atom stereocenters. The number of amides is 1. The van der Waals surface area contributed by atoms with E-state index in [1.807, 2.05) is 37.3 Å². The standard InChI is InChI=1S/C20H24N4O2/c1-12-22-11-16(19(23-12)13-5-3-2-4-6-13)20(26)24-17-7-14-9-21-10-15(14)8-18(17)25/h2-6,11,14-15,17-18,21,25H,7-10H2,1H3,(H,24,26)/t14-,15+,17-,18-/m0/s1. The zero-order valence-corrected chi connectivity index (χ0v) is 14.9. The smallest absolute Gasteiger partial charge is 0.255 e. The highest BCUT2D eigenvalue weighted by Gasteiger charge is 2.39. The Morgan fingerprint density at radius 3 is 2.69 bits per heavy atom. The first-order valence-electron chi connectivity index (χ1n) is 9.20. The fraction of sp³-hybridized carbons (Fsp3) is 0.450. The fourth-order valence-electron chi connectivity index (χ4n) is 4.15. The van der Waals surface area contributed by atoms with E-state index in [9.17, 15) is 9.90 Å². The van der Waals surface area contributed by atoms with E-state index < -0.39 is 6.10 Å². The number of aliphatic hydroxyl groups is 1. The summed E-state index contributed by atoms with van der Waals surface area (Å²) in [6.45, 7) is 3.74. The second kappa shape index (κ2) is 7.13. The number of carbonyl (C=O) groups is 1. The number of carbonyl (C=O) groups excluding carboxylic acids is 1. The van der Waals surface area contributed by atoms with Crippen molar-refractivity contribution in [3.8, 4) is 11.3 Å². The van der Waals surface area contributed by atoms with E-state index in [0.717, 1.165) is 31.5 Å². The lowest BCUT2D eigenvalue weighted by atomic mass is 9.77. The van der Waals surface area contributed by atoms with Crippen LogP contribution in [0.4, 0.5) is 0 Å². The largest absolute Gasteiger partial charge is 0.391 e. The quantitative estimate of drug-likeness (QED) is 0.780. The van der Waals surface area contributed by atoms with Crippen LogP contribution in [0.1, 0.15) is 29.0 Å². The van der Waals surface area contributed by atoms with Crippen LogP contribution in [0.25, 0.3) is 11.3 Å². The number of fused-ring (bicyclic) bond motifs is 1. The van der Waals surface area contributed by atoms with Crippen LogP contribution in [-0.4, -0.2) is 46.2 Å². The molecule has 1 aliphatic carbocycles. The maximum atomic E-state index is 12.9. The summed E-state index contributed by atoms with van der Waals surface area (Å²) < 4.78 is 0. The van der Waals surface area contributed by atoms with Crippen molar-refractivity contribution in [2.24, 2.45) is 11.8 Å². The number of aliphatic hydroxyl groups excluding tert-OH is 1. The van der Waals surface area contributed by atoms with Crippen LogP contribution in [0.3, 0.4) is 0 Å². The summed E-state index contributed by atoms with van der Waals surface area (Å²) in [7, 11) is 0. The Hall–Kier alpha value is -2.31. The summed E-state index contributed by atoms with van der Waals surface area (Å²) in [4.78, 5) is 21.6. The second-order valence-corrected chi connectivity index (χ2v) is 7.34. The van der Waals surface area contributed by atoms with Gasteiger partial charge in [-0.1, -0.05) is 30.3 Å². The van der Waals surface area contributed by atoms with Gasteiger partial charge in [0.1, 0.15) is 5.82 Å². The van der Waals surface area contributed by atoms with E-state index in [1.54, 1.807) is 6.20 Å². The number of aryl methyl sites for hydroxylation is 1. The van der Waals surface area contributed by atoms with Crippen molar-refractivity contribution in [2.45, 2.75) is 31.9 Å². The molecule has 2 heterocycles. The minimum absolute atomic E-state index is 0.225. The normalized spacial score (nSPS) is 27.8. The second-order valence-electron chi connectivity index (χ2n) is 7.34. The molecular weight excluding hydrogens is 328 g/mol. The van der Waals surface area contributed by atoms with Gasteiger partial charge in [0, 0.05) is 11.8 Å². The number of nitrogens with one attached hydrogen (secondary N) is 2. The Balaban J connectivity index is 1.57. The van der Waals surface area contributed by atoms with Crippen LogP contribution in [0.5, 0.6) is 0 Å². The van der Waals surface area contributed by atoms with Crippen LogP contribution in [0.2, 0.25) is 0 Å². The third kappa shape index (κ3) is 3.34. The summed E-state index contributed by atoms with van der Waals surface area (Å²) >= 11 is 0. The van der Waals surface area contributed by atoms with Crippen molar-refractivity contribution in [2.75, 3.05) is 13.1 Å². The Labute approximate surface area is 153 Å². The summed E-state index contributed by atoms with van der Waals surface area (Å²) in [6, 6.07) is 9.42. The van der Waals surface area contributed by atoms with Crippen molar-refractivity contribution in [1.82, 2.24) is 20.6 Å². The average molecular weight is 352 g/mol. The van der Waals surface area contributed by atoms with Gasteiger partial charge < -0.3 is 15.7 Å². The summed E-state index contributed by atoms with van der Waals surface area (Å²) in [5.41, 5.74) is 1.95. The van der Waals surface area contributed by atoms with Crippen molar-refractivity contribution in [3.63, 3.8) is 0 Å². The molecule has 6 nitrogen and oxygen atoms in total. The average Bonchev–Trinajstić information content (AvgIpc) is 3.09. The van der Waals surface area contributed by atoms with Gasteiger partial charge in [0.25, 0.3) is 5.91 Å².